The molecule has 0 radical (unpaired) electrons. The summed E-state index contributed by atoms with van der Waals surface area (Å²) in [6.45, 7) is 3.25. The van der Waals surface area contributed by atoms with Crippen LogP contribution in [0.15, 0.2) is 48.5 Å². The third-order valence-corrected chi connectivity index (χ3v) is 6.74. The summed E-state index contributed by atoms with van der Waals surface area (Å²) in [4.78, 5) is 42.2. The Morgan fingerprint density at radius 3 is 1.60 bits per heavy atom. The van der Waals surface area contributed by atoms with Gasteiger partial charge in [0.25, 0.3) is 11.8 Å². The fraction of sp³-hybridized carbons (Fsp3) is 0.464. The molecule has 2 aliphatic heterocycles. The van der Waals surface area contributed by atoms with E-state index in [1.165, 1.54) is 25.7 Å². The third-order valence-electron chi connectivity index (χ3n) is 6.74. The van der Waals surface area contributed by atoms with E-state index in [0.717, 1.165) is 57.5 Å². The lowest BCUT2D eigenvalue weighted by atomic mass is 10.1. The van der Waals surface area contributed by atoms with Gasteiger partial charge in [0.1, 0.15) is 0 Å². The van der Waals surface area contributed by atoms with E-state index in [1.54, 1.807) is 30.3 Å². The molecule has 3 amide bonds. The summed E-state index contributed by atoms with van der Waals surface area (Å²) >= 11 is 0. The molecule has 2 heterocycles. The Hall–Kier alpha value is -3.35. The molecule has 0 saturated carbocycles. The standard InChI is InChI=1S/C28H36N4O3/c33-26(30-25-14-10-12-23(20-25)28(35)32-17-7-3-4-8-18-32)21-29-24-13-9-11-22(19-24)27(34)31-15-5-1-2-6-16-31/h9-14,19-20,29H,1-8,15-18,21H2,(H,30,33). The minimum Gasteiger partial charge on any atom is -0.376 e. The molecular weight excluding hydrogens is 440 g/mol. The van der Waals surface area contributed by atoms with E-state index >= 15 is 0 Å². The molecule has 2 fully saturated rings. The van der Waals surface area contributed by atoms with Crippen molar-refractivity contribution in [2.45, 2.75) is 51.4 Å². The summed E-state index contributed by atoms with van der Waals surface area (Å²) in [5.41, 5.74) is 2.56. The minimum atomic E-state index is -0.214. The van der Waals surface area contributed by atoms with Crippen molar-refractivity contribution in [3.05, 3.63) is 59.7 Å². The van der Waals surface area contributed by atoms with Crippen molar-refractivity contribution in [2.24, 2.45) is 0 Å². The maximum atomic E-state index is 12.9. The average Bonchev–Trinajstić information content (AvgIpc) is 3.33. The van der Waals surface area contributed by atoms with Gasteiger partial charge in [-0.25, -0.2) is 0 Å². The zero-order chi connectivity index (χ0) is 24.5. The summed E-state index contributed by atoms with van der Waals surface area (Å²) in [5.74, 6) is -0.147. The van der Waals surface area contributed by atoms with Crippen molar-refractivity contribution in [3.63, 3.8) is 0 Å². The number of nitrogens with one attached hydrogen (secondary N) is 2. The summed E-state index contributed by atoms with van der Waals surface area (Å²) in [6.07, 6.45) is 8.87. The highest BCUT2D eigenvalue weighted by Gasteiger charge is 2.19. The molecule has 0 spiro atoms. The molecule has 4 rings (SSSR count). The molecule has 0 atom stereocenters. The van der Waals surface area contributed by atoms with Crippen LogP contribution in [0.2, 0.25) is 0 Å². The van der Waals surface area contributed by atoms with Crippen LogP contribution in [0.1, 0.15) is 72.1 Å². The molecule has 2 aliphatic rings. The highest BCUT2D eigenvalue weighted by atomic mass is 16.2. The Kier molecular flexibility index (Phi) is 8.76. The molecule has 186 valence electrons. The Labute approximate surface area is 207 Å². The number of benzene rings is 2. The second kappa shape index (κ2) is 12.4. The predicted molar refractivity (Wildman–Crippen MR) is 139 cm³/mol. The lowest BCUT2D eigenvalue weighted by molar-refractivity contribution is -0.114. The lowest BCUT2D eigenvalue weighted by Gasteiger charge is -2.21. The van der Waals surface area contributed by atoms with Gasteiger partial charge in [-0.15, -0.1) is 0 Å². The topological polar surface area (TPSA) is 81.8 Å². The summed E-state index contributed by atoms with van der Waals surface area (Å²) < 4.78 is 0. The second-order valence-corrected chi connectivity index (χ2v) is 9.48. The molecule has 0 aliphatic carbocycles. The normalized spacial score (nSPS) is 16.7. The van der Waals surface area contributed by atoms with Gasteiger partial charge in [-0.2, -0.15) is 0 Å². The summed E-state index contributed by atoms with van der Waals surface area (Å²) in [5, 5.41) is 5.98. The zero-order valence-electron chi connectivity index (χ0n) is 20.4. The van der Waals surface area contributed by atoms with Crippen molar-refractivity contribution in [1.82, 2.24) is 9.80 Å². The van der Waals surface area contributed by atoms with Crippen LogP contribution < -0.4 is 10.6 Å². The van der Waals surface area contributed by atoms with Crippen LogP contribution in [0.5, 0.6) is 0 Å². The Morgan fingerprint density at radius 2 is 1.09 bits per heavy atom. The first-order valence-electron chi connectivity index (χ1n) is 12.9. The first kappa shape index (κ1) is 24.8. The molecule has 7 nitrogen and oxygen atoms in total. The predicted octanol–water partition coefficient (Wildman–Crippen LogP) is 4.77. The van der Waals surface area contributed by atoms with Crippen molar-refractivity contribution in [2.75, 3.05) is 43.4 Å². The van der Waals surface area contributed by atoms with Crippen molar-refractivity contribution in [3.8, 4) is 0 Å². The second-order valence-electron chi connectivity index (χ2n) is 9.48. The molecule has 2 saturated heterocycles. The summed E-state index contributed by atoms with van der Waals surface area (Å²) in [7, 11) is 0. The van der Waals surface area contributed by atoms with Gasteiger partial charge in [0.2, 0.25) is 5.91 Å². The van der Waals surface area contributed by atoms with Gasteiger partial charge in [0.15, 0.2) is 0 Å². The number of nitrogens with zero attached hydrogens (tertiary/aromatic N) is 2. The van der Waals surface area contributed by atoms with Crippen LogP contribution in [-0.4, -0.2) is 60.2 Å². The van der Waals surface area contributed by atoms with E-state index in [-0.39, 0.29) is 24.3 Å². The maximum absolute atomic E-state index is 12.9. The molecule has 0 bridgehead atoms. The van der Waals surface area contributed by atoms with E-state index in [9.17, 15) is 14.4 Å². The van der Waals surface area contributed by atoms with E-state index in [4.69, 9.17) is 0 Å². The van der Waals surface area contributed by atoms with Gasteiger partial charge in [-0.3, -0.25) is 14.4 Å². The van der Waals surface area contributed by atoms with Crippen molar-refractivity contribution in [1.29, 1.82) is 0 Å². The maximum Gasteiger partial charge on any atom is 0.253 e. The van der Waals surface area contributed by atoms with Crippen LogP contribution in [0.4, 0.5) is 11.4 Å². The third kappa shape index (κ3) is 7.07. The number of likely N-dealkylation sites (tertiary alicyclic amines) is 2. The van der Waals surface area contributed by atoms with Crippen LogP contribution in [0.3, 0.4) is 0 Å². The smallest absolute Gasteiger partial charge is 0.253 e. The van der Waals surface area contributed by atoms with E-state index in [2.05, 4.69) is 10.6 Å². The molecular formula is C28H36N4O3. The first-order valence-corrected chi connectivity index (χ1v) is 12.9. The van der Waals surface area contributed by atoms with Gasteiger partial charge >= 0.3 is 0 Å². The van der Waals surface area contributed by atoms with Crippen LogP contribution in [0.25, 0.3) is 0 Å². The summed E-state index contributed by atoms with van der Waals surface area (Å²) in [6, 6.07) is 14.5. The molecule has 35 heavy (non-hydrogen) atoms. The van der Waals surface area contributed by atoms with Crippen LogP contribution >= 0.6 is 0 Å². The number of hydrogen-bond donors (Lipinski definition) is 2. The number of anilines is 2. The number of hydrogen-bond acceptors (Lipinski definition) is 4. The molecule has 2 aromatic rings. The quantitative estimate of drug-likeness (QED) is 0.629. The van der Waals surface area contributed by atoms with E-state index in [1.807, 2.05) is 28.0 Å². The fourth-order valence-corrected chi connectivity index (χ4v) is 4.79. The number of rotatable bonds is 6. The molecule has 7 heteroatoms. The van der Waals surface area contributed by atoms with Gasteiger partial charge in [-0.05, 0) is 62.1 Å². The molecule has 2 N–H and O–H groups in total. The lowest BCUT2D eigenvalue weighted by Crippen LogP contribution is -2.32. The number of carbonyl (C=O) groups is 3. The largest absolute Gasteiger partial charge is 0.376 e. The highest BCUT2D eigenvalue weighted by Crippen LogP contribution is 2.18. The fourth-order valence-electron chi connectivity index (χ4n) is 4.79. The molecule has 0 unspecified atom stereocenters. The van der Waals surface area contributed by atoms with Crippen LogP contribution in [-0.2, 0) is 4.79 Å². The van der Waals surface area contributed by atoms with Gasteiger partial charge in [0, 0.05) is 48.7 Å². The Balaban J connectivity index is 1.31. The number of carbonyl (C=O) groups excluding carboxylic acids is 3. The average molecular weight is 477 g/mol. The van der Waals surface area contributed by atoms with Crippen molar-refractivity contribution < 1.29 is 14.4 Å². The monoisotopic (exact) mass is 476 g/mol. The SMILES string of the molecule is O=C(CNc1cccc(C(=O)N2CCCCCC2)c1)Nc1cccc(C(=O)N2CCCCCC2)c1. The van der Waals surface area contributed by atoms with Gasteiger partial charge in [-0.1, -0.05) is 37.8 Å². The first-order chi connectivity index (χ1) is 17.1. The minimum absolute atomic E-state index is 0.0204. The van der Waals surface area contributed by atoms with Gasteiger partial charge in [0.05, 0.1) is 6.54 Å². The van der Waals surface area contributed by atoms with Crippen molar-refractivity contribution >= 4 is 29.1 Å². The molecule has 0 aromatic heterocycles. The van der Waals surface area contributed by atoms with Gasteiger partial charge < -0.3 is 20.4 Å². The zero-order valence-corrected chi connectivity index (χ0v) is 20.4. The van der Waals surface area contributed by atoms with Crippen LogP contribution in [0, 0.1) is 0 Å². The molecule has 2 aromatic carbocycles. The van der Waals surface area contributed by atoms with E-state index in [0.29, 0.717) is 16.8 Å². The Bertz CT molecular complexity index is 1020. The highest BCUT2D eigenvalue weighted by molar-refractivity contribution is 5.98. The number of amides is 3. The van der Waals surface area contributed by atoms with E-state index < -0.39 is 0 Å². The Morgan fingerprint density at radius 1 is 0.629 bits per heavy atom.